The highest BCUT2D eigenvalue weighted by atomic mass is 32.2. The highest BCUT2D eigenvalue weighted by Crippen LogP contribution is 2.31. The third-order valence-corrected chi connectivity index (χ3v) is 6.63. The van der Waals surface area contributed by atoms with Gasteiger partial charge < -0.3 is 14.0 Å². The number of methoxy groups -OCH3 is 2. The Kier molecular flexibility index (Phi) is 6.55. The Morgan fingerprint density at radius 1 is 0.970 bits per heavy atom. The first-order valence-corrected chi connectivity index (χ1v) is 11.4. The minimum Gasteiger partial charge on any atom is -0.497 e. The number of ketones is 1. The van der Waals surface area contributed by atoms with Crippen LogP contribution >= 0.6 is 11.8 Å². The van der Waals surface area contributed by atoms with Crippen LogP contribution in [0.15, 0.2) is 59.8 Å². The lowest BCUT2D eigenvalue weighted by atomic mass is 10.2. The summed E-state index contributed by atoms with van der Waals surface area (Å²) >= 11 is 1.37. The molecule has 2 aromatic carbocycles. The fourth-order valence-corrected chi connectivity index (χ4v) is 4.46. The lowest BCUT2D eigenvalue weighted by Gasteiger charge is -2.11. The number of nitrogens with zero attached hydrogens (tertiary/aromatic N) is 4. The van der Waals surface area contributed by atoms with Gasteiger partial charge in [0.15, 0.2) is 16.8 Å². The van der Waals surface area contributed by atoms with Gasteiger partial charge in [0.05, 0.1) is 20.0 Å². The van der Waals surface area contributed by atoms with Crippen LogP contribution in [0, 0.1) is 13.8 Å². The van der Waals surface area contributed by atoms with Gasteiger partial charge in [0.2, 0.25) is 0 Å². The standard InChI is InChI=1S/C25H26N4O3S/c1-16-13-22(17(2)28(16)3)23(30)15-33-25-27-26-24(18-7-6-8-21(14-18)32-5)29(25)19-9-11-20(31-4)12-10-19/h6-14H,15H2,1-5H3. The maximum Gasteiger partial charge on any atom is 0.196 e. The van der Waals surface area contributed by atoms with Crippen molar-refractivity contribution >= 4 is 17.5 Å². The van der Waals surface area contributed by atoms with Gasteiger partial charge in [-0.2, -0.15) is 0 Å². The van der Waals surface area contributed by atoms with Gasteiger partial charge in [0, 0.05) is 35.2 Å². The molecule has 4 aromatic rings. The van der Waals surface area contributed by atoms with Crippen LogP contribution < -0.4 is 9.47 Å². The van der Waals surface area contributed by atoms with E-state index in [2.05, 4.69) is 10.2 Å². The average Bonchev–Trinajstić information content (AvgIpc) is 3.39. The second-order valence-electron chi connectivity index (χ2n) is 7.63. The predicted molar refractivity (Wildman–Crippen MR) is 130 cm³/mol. The van der Waals surface area contributed by atoms with Crippen molar-refractivity contribution in [3.63, 3.8) is 0 Å². The Hall–Kier alpha value is -3.52. The Bertz CT molecular complexity index is 1290. The first-order valence-electron chi connectivity index (χ1n) is 10.5. The molecule has 0 amide bonds. The van der Waals surface area contributed by atoms with Gasteiger partial charge in [-0.05, 0) is 56.3 Å². The van der Waals surface area contributed by atoms with Gasteiger partial charge in [0.1, 0.15) is 11.5 Å². The summed E-state index contributed by atoms with van der Waals surface area (Å²) in [5.41, 5.74) is 4.51. The van der Waals surface area contributed by atoms with Crippen LogP contribution in [0.1, 0.15) is 21.7 Å². The Morgan fingerprint density at radius 3 is 2.33 bits per heavy atom. The molecule has 0 bridgehead atoms. The first-order chi connectivity index (χ1) is 15.9. The van der Waals surface area contributed by atoms with Crippen LogP contribution in [0.5, 0.6) is 11.5 Å². The zero-order chi connectivity index (χ0) is 23.5. The SMILES string of the molecule is COc1ccc(-n2c(SCC(=O)c3cc(C)n(C)c3C)nnc2-c2cccc(OC)c2)cc1. The van der Waals surface area contributed by atoms with E-state index in [0.717, 1.165) is 39.7 Å². The molecule has 0 aliphatic rings. The molecule has 0 saturated carbocycles. The van der Waals surface area contributed by atoms with Crippen LogP contribution in [0.4, 0.5) is 0 Å². The largest absolute Gasteiger partial charge is 0.497 e. The van der Waals surface area contributed by atoms with Crippen molar-refractivity contribution in [3.8, 4) is 28.6 Å². The summed E-state index contributed by atoms with van der Waals surface area (Å²) < 4.78 is 14.7. The molecule has 170 valence electrons. The van der Waals surface area contributed by atoms with E-state index in [4.69, 9.17) is 9.47 Å². The van der Waals surface area contributed by atoms with Crippen molar-refractivity contribution in [1.82, 2.24) is 19.3 Å². The normalized spacial score (nSPS) is 10.9. The zero-order valence-electron chi connectivity index (χ0n) is 19.3. The van der Waals surface area contributed by atoms with E-state index >= 15 is 0 Å². The topological polar surface area (TPSA) is 71.2 Å². The molecule has 0 spiro atoms. The maximum atomic E-state index is 13.0. The van der Waals surface area contributed by atoms with Crippen molar-refractivity contribution < 1.29 is 14.3 Å². The summed E-state index contributed by atoms with van der Waals surface area (Å²) in [4.78, 5) is 13.0. The van der Waals surface area contributed by atoms with Crippen LogP contribution in [-0.2, 0) is 7.05 Å². The molecule has 2 heterocycles. The van der Waals surface area contributed by atoms with E-state index in [1.807, 2.05) is 84.6 Å². The van der Waals surface area contributed by atoms with Crippen LogP contribution in [-0.4, -0.2) is 45.1 Å². The smallest absolute Gasteiger partial charge is 0.196 e. The highest BCUT2D eigenvalue weighted by Gasteiger charge is 2.20. The lowest BCUT2D eigenvalue weighted by Crippen LogP contribution is -2.06. The van der Waals surface area contributed by atoms with E-state index in [9.17, 15) is 4.79 Å². The van der Waals surface area contributed by atoms with E-state index < -0.39 is 0 Å². The fourth-order valence-electron chi connectivity index (χ4n) is 3.62. The van der Waals surface area contributed by atoms with Crippen molar-refractivity contribution in [3.05, 3.63) is 71.5 Å². The Morgan fingerprint density at radius 2 is 1.70 bits per heavy atom. The number of benzene rings is 2. The number of ether oxygens (including phenoxy) is 2. The molecule has 0 unspecified atom stereocenters. The minimum atomic E-state index is 0.0633. The highest BCUT2D eigenvalue weighted by molar-refractivity contribution is 7.99. The molecule has 0 aliphatic carbocycles. The van der Waals surface area contributed by atoms with Gasteiger partial charge in [-0.1, -0.05) is 23.9 Å². The maximum absolute atomic E-state index is 13.0. The summed E-state index contributed by atoms with van der Waals surface area (Å²) in [7, 11) is 5.23. The van der Waals surface area contributed by atoms with Gasteiger partial charge in [-0.3, -0.25) is 9.36 Å². The van der Waals surface area contributed by atoms with Gasteiger partial charge in [-0.25, -0.2) is 0 Å². The number of carbonyl (C=O) groups excluding carboxylic acids is 1. The molecule has 0 aliphatic heterocycles. The number of aryl methyl sites for hydroxylation is 1. The lowest BCUT2D eigenvalue weighted by molar-refractivity contribution is 0.102. The van der Waals surface area contributed by atoms with Crippen molar-refractivity contribution in [2.45, 2.75) is 19.0 Å². The molecule has 0 N–H and O–H groups in total. The molecule has 0 radical (unpaired) electrons. The zero-order valence-corrected chi connectivity index (χ0v) is 20.1. The van der Waals surface area contributed by atoms with Crippen LogP contribution in [0.3, 0.4) is 0 Å². The number of aromatic nitrogens is 4. The molecule has 2 aromatic heterocycles. The molecule has 33 heavy (non-hydrogen) atoms. The number of rotatable bonds is 8. The molecule has 4 rings (SSSR count). The molecule has 0 fully saturated rings. The monoisotopic (exact) mass is 462 g/mol. The molecule has 7 nitrogen and oxygen atoms in total. The van der Waals surface area contributed by atoms with E-state index in [1.54, 1.807) is 14.2 Å². The fraction of sp³-hybridized carbons (Fsp3) is 0.240. The van der Waals surface area contributed by atoms with Gasteiger partial charge in [0.25, 0.3) is 0 Å². The van der Waals surface area contributed by atoms with Gasteiger partial charge in [-0.15, -0.1) is 10.2 Å². The number of hydrogen-bond acceptors (Lipinski definition) is 6. The molecule has 0 saturated heterocycles. The third kappa shape index (κ3) is 4.52. The number of thioether (sulfide) groups is 1. The first kappa shape index (κ1) is 22.7. The van der Waals surface area contributed by atoms with E-state index in [1.165, 1.54) is 11.8 Å². The Balaban J connectivity index is 1.70. The van der Waals surface area contributed by atoms with Crippen molar-refractivity contribution in [1.29, 1.82) is 0 Å². The summed E-state index contributed by atoms with van der Waals surface area (Å²) in [6.07, 6.45) is 0. The van der Waals surface area contributed by atoms with Crippen molar-refractivity contribution in [2.75, 3.05) is 20.0 Å². The number of hydrogen-bond donors (Lipinski definition) is 0. The molecule has 0 atom stereocenters. The van der Waals surface area contributed by atoms with Crippen LogP contribution in [0.25, 0.3) is 17.1 Å². The van der Waals surface area contributed by atoms with Crippen LogP contribution in [0.2, 0.25) is 0 Å². The van der Waals surface area contributed by atoms with E-state index in [-0.39, 0.29) is 11.5 Å². The minimum absolute atomic E-state index is 0.0633. The van der Waals surface area contributed by atoms with Gasteiger partial charge >= 0.3 is 0 Å². The predicted octanol–water partition coefficient (Wildman–Crippen LogP) is 4.88. The summed E-state index contributed by atoms with van der Waals surface area (Å²) in [5, 5.41) is 9.52. The molecule has 8 heteroatoms. The summed E-state index contributed by atoms with van der Waals surface area (Å²) in [5.74, 6) is 2.48. The summed E-state index contributed by atoms with van der Waals surface area (Å²) in [6.45, 7) is 3.96. The third-order valence-electron chi connectivity index (χ3n) is 5.70. The second-order valence-corrected chi connectivity index (χ2v) is 8.57. The number of Topliss-reactive ketones (excluding diaryl/α,β-unsaturated/α-hetero) is 1. The molecular formula is C25H26N4O3S. The van der Waals surface area contributed by atoms with E-state index in [0.29, 0.717) is 11.0 Å². The number of carbonyl (C=O) groups is 1. The van der Waals surface area contributed by atoms with Crippen molar-refractivity contribution in [2.24, 2.45) is 7.05 Å². The Labute approximate surface area is 197 Å². The summed E-state index contributed by atoms with van der Waals surface area (Å²) in [6, 6.07) is 17.3. The second kappa shape index (κ2) is 9.54. The average molecular weight is 463 g/mol. The molecular weight excluding hydrogens is 436 g/mol. The quantitative estimate of drug-likeness (QED) is 0.274.